The van der Waals surface area contributed by atoms with Gasteiger partial charge in [-0.05, 0) is 52.7 Å². The Kier molecular flexibility index (Phi) is 3.94. The third kappa shape index (κ3) is 2.90. The Balaban J connectivity index is 2.45. The molecular weight excluding hydrogens is 335 g/mol. The highest BCUT2D eigenvalue weighted by molar-refractivity contribution is 9.10. The zero-order valence-corrected chi connectivity index (χ0v) is 11.9. The van der Waals surface area contributed by atoms with Crippen molar-refractivity contribution in [3.63, 3.8) is 0 Å². The van der Waals surface area contributed by atoms with Gasteiger partial charge in [-0.3, -0.25) is 9.78 Å². The van der Waals surface area contributed by atoms with Crippen LogP contribution in [0.25, 0.3) is 0 Å². The number of benzene rings is 1. The first-order valence-electron chi connectivity index (χ1n) is 5.64. The maximum Gasteiger partial charge on any atom is 0.416 e. The van der Waals surface area contributed by atoms with E-state index in [-0.39, 0.29) is 16.8 Å². The van der Waals surface area contributed by atoms with Crippen LogP contribution < -0.4 is 0 Å². The zero-order valence-electron chi connectivity index (χ0n) is 10.3. The highest BCUT2D eigenvalue weighted by Gasteiger charge is 2.31. The lowest BCUT2D eigenvalue weighted by Gasteiger charge is -2.10. The summed E-state index contributed by atoms with van der Waals surface area (Å²) >= 11 is 3.20. The summed E-state index contributed by atoms with van der Waals surface area (Å²) in [6, 6.07) is 6.35. The van der Waals surface area contributed by atoms with Crippen LogP contribution >= 0.6 is 15.9 Å². The fraction of sp³-hybridized carbons (Fsp3) is 0.143. The van der Waals surface area contributed by atoms with Crippen LogP contribution in [0.4, 0.5) is 13.2 Å². The van der Waals surface area contributed by atoms with E-state index in [2.05, 4.69) is 20.9 Å². The van der Waals surface area contributed by atoms with E-state index < -0.39 is 17.5 Å². The molecule has 2 rings (SSSR count). The van der Waals surface area contributed by atoms with Crippen LogP contribution in [-0.2, 0) is 6.18 Å². The first-order valence-corrected chi connectivity index (χ1v) is 6.43. The Morgan fingerprint density at radius 3 is 2.50 bits per heavy atom. The smallest absolute Gasteiger partial charge is 0.287 e. The van der Waals surface area contributed by atoms with Crippen LogP contribution in [0.15, 0.2) is 41.0 Å². The van der Waals surface area contributed by atoms with Gasteiger partial charge in [0.25, 0.3) is 0 Å². The van der Waals surface area contributed by atoms with Gasteiger partial charge in [0.1, 0.15) is 5.69 Å². The SMILES string of the molecule is Cc1cc(C(F)(F)F)ccc1C(=O)c1ncccc1Br. The number of alkyl halides is 3. The molecular formula is C14H9BrF3NO. The van der Waals surface area contributed by atoms with Gasteiger partial charge in [-0.15, -0.1) is 0 Å². The number of halogens is 4. The molecule has 1 aromatic heterocycles. The van der Waals surface area contributed by atoms with Gasteiger partial charge in [0, 0.05) is 16.2 Å². The van der Waals surface area contributed by atoms with Gasteiger partial charge in [-0.2, -0.15) is 13.2 Å². The molecule has 0 fully saturated rings. The Bertz CT molecular complexity index is 668. The first-order chi connectivity index (χ1) is 9.30. The summed E-state index contributed by atoms with van der Waals surface area (Å²) in [6.45, 7) is 1.47. The molecule has 0 saturated heterocycles. The van der Waals surface area contributed by atoms with Crippen LogP contribution in [0.2, 0.25) is 0 Å². The van der Waals surface area contributed by atoms with E-state index in [4.69, 9.17) is 0 Å². The van der Waals surface area contributed by atoms with E-state index in [0.717, 1.165) is 12.1 Å². The maximum atomic E-state index is 12.6. The molecule has 0 radical (unpaired) electrons. The number of carbonyl (C=O) groups excluding carboxylic acids is 1. The van der Waals surface area contributed by atoms with Crippen molar-refractivity contribution in [1.82, 2.24) is 4.98 Å². The number of hydrogen-bond acceptors (Lipinski definition) is 2. The summed E-state index contributed by atoms with van der Waals surface area (Å²) < 4.78 is 38.3. The fourth-order valence-electron chi connectivity index (χ4n) is 1.78. The number of rotatable bonds is 2. The van der Waals surface area contributed by atoms with Crippen molar-refractivity contribution in [2.24, 2.45) is 0 Å². The van der Waals surface area contributed by atoms with E-state index in [1.807, 2.05) is 0 Å². The zero-order chi connectivity index (χ0) is 14.9. The standard InChI is InChI=1S/C14H9BrF3NO/c1-8-7-9(14(16,17)18)4-5-10(8)13(20)12-11(15)3-2-6-19-12/h2-7H,1H3. The van der Waals surface area contributed by atoms with Crippen molar-refractivity contribution in [3.05, 3.63) is 63.4 Å². The van der Waals surface area contributed by atoms with Gasteiger partial charge < -0.3 is 0 Å². The Labute approximate surface area is 121 Å². The maximum absolute atomic E-state index is 12.6. The van der Waals surface area contributed by atoms with E-state index >= 15 is 0 Å². The molecule has 0 unspecified atom stereocenters. The molecule has 1 aromatic carbocycles. The van der Waals surface area contributed by atoms with Crippen molar-refractivity contribution in [1.29, 1.82) is 0 Å². The lowest BCUT2D eigenvalue weighted by molar-refractivity contribution is -0.137. The van der Waals surface area contributed by atoms with Gasteiger partial charge in [0.05, 0.1) is 5.56 Å². The second-order valence-corrected chi connectivity index (χ2v) is 5.04. The molecule has 0 aliphatic heterocycles. The topological polar surface area (TPSA) is 30.0 Å². The summed E-state index contributed by atoms with van der Waals surface area (Å²) in [7, 11) is 0. The molecule has 2 aromatic rings. The van der Waals surface area contributed by atoms with E-state index in [1.165, 1.54) is 19.2 Å². The van der Waals surface area contributed by atoms with Gasteiger partial charge >= 0.3 is 6.18 Å². The Morgan fingerprint density at radius 1 is 1.25 bits per heavy atom. The molecule has 2 nitrogen and oxygen atoms in total. The predicted molar refractivity (Wildman–Crippen MR) is 71.6 cm³/mol. The van der Waals surface area contributed by atoms with Crippen LogP contribution in [0, 0.1) is 6.92 Å². The normalized spacial score (nSPS) is 11.4. The fourth-order valence-corrected chi connectivity index (χ4v) is 2.21. The highest BCUT2D eigenvalue weighted by Crippen LogP contribution is 2.31. The summed E-state index contributed by atoms with van der Waals surface area (Å²) in [5.74, 6) is -0.413. The van der Waals surface area contributed by atoms with Gasteiger partial charge in [0.15, 0.2) is 0 Å². The average Bonchev–Trinajstić information content (AvgIpc) is 2.37. The minimum absolute atomic E-state index is 0.176. The molecule has 1 heterocycles. The molecule has 0 aliphatic carbocycles. The van der Waals surface area contributed by atoms with Gasteiger partial charge in [0.2, 0.25) is 5.78 Å². The monoisotopic (exact) mass is 343 g/mol. The number of aryl methyl sites for hydroxylation is 1. The quantitative estimate of drug-likeness (QED) is 0.756. The molecule has 0 atom stereocenters. The third-order valence-corrected chi connectivity index (χ3v) is 3.41. The summed E-state index contributed by atoms with van der Waals surface area (Å²) in [5.41, 5.74) is -0.123. The highest BCUT2D eigenvalue weighted by atomic mass is 79.9. The van der Waals surface area contributed by atoms with Crippen LogP contribution in [0.1, 0.15) is 27.2 Å². The van der Waals surface area contributed by atoms with Crippen molar-refractivity contribution in [2.75, 3.05) is 0 Å². The molecule has 0 aliphatic rings. The van der Waals surface area contributed by atoms with E-state index in [1.54, 1.807) is 12.1 Å². The van der Waals surface area contributed by atoms with Crippen LogP contribution in [-0.4, -0.2) is 10.8 Å². The summed E-state index contributed by atoms with van der Waals surface area (Å²) in [6.07, 6.45) is -2.96. The predicted octanol–water partition coefficient (Wildman–Crippen LogP) is 4.40. The number of hydrogen-bond donors (Lipinski definition) is 0. The molecule has 0 spiro atoms. The lowest BCUT2D eigenvalue weighted by Crippen LogP contribution is -2.10. The van der Waals surface area contributed by atoms with Gasteiger partial charge in [-0.1, -0.05) is 6.07 Å². The van der Waals surface area contributed by atoms with Gasteiger partial charge in [-0.25, -0.2) is 0 Å². The Morgan fingerprint density at radius 2 is 1.95 bits per heavy atom. The molecule has 0 bridgehead atoms. The summed E-state index contributed by atoms with van der Waals surface area (Å²) in [4.78, 5) is 16.2. The number of pyridine rings is 1. The largest absolute Gasteiger partial charge is 0.416 e. The van der Waals surface area contributed by atoms with Crippen molar-refractivity contribution in [3.8, 4) is 0 Å². The number of carbonyl (C=O) groups is 1. The van der Waals surface area contributed by atoms with Crippen molar-refractivity contribution >= 4 is 21.7 Å². The lowest BCUT2D eigenvalue weighted by atomic mass is 9.99. The minimum Gasteiger partial charge on any atom is -0.287 e. The molecule has 0 amide bonds. The minimum atomic E-state index is -4.42. The Hall–Kier alpha value is -1.69. The number of ketones is 1. The van der Waals surface area contributed by atoms with Crippen molar-refractivity contribution in [2.45, 2.75) is 13.1 Å². The van der Waals surface area contributed by atoms with Crippen molar-refractivity contribution < 1.29 is 18.0 Å². The van der Waals surface area contributed by atoms with Crippen LogP contribution in [0.3, 0.4) is 0 Å². The number of nitrogens with zero attached hydrogens (tertiary/aromatic N) is 1. The second kappa shape index (κ2) is 5.36. The first kappa shape index (κ1) is 14.7. The second-order valence-electron chi connectivity index (χ2n) is 4.19. The molecule has 0 saturated carbocycles. The molecule has 104 valence electrons. The van der Waals surface area contributed by atoms with Crippen LogP contribution in [0.5, 0.6) is 0 Å². The third-order valence-electron chi connectivity index (χ3n) is 2.77. The molecule has 6 heteroatoms. The van der Waals surface area contributed by atoms with E-state index in [0.29, 0.717) is 4.47 Å². The molecule has 20 heavy (non-hydrogen) atoms. The van der Waals surface area contributed by atoms with E-state index in [9.17, 15) is 18.0 Å². The molecule has 0 N–H and O–H groups in total. The average molecular weight is 344 g/mol. The summed E-state index contributed by atoms with van der Waals surface area (Å²) in [5, 5.41) is 0. The number of aromatic nitrogens is 1.